The van der Waals surface area contributed by atoms with Crippen LogP contribution >= 0.6 is 0 Å². The van der Waals surface area contributed by atoms with Crippen molar-refractivity contribution in [3.05, 3.63) is 77.0 Å². The van der Waals surface area contributed by atoms with Crippen LogP contribution in [0.1, 0.15) is 28.4 Å². The maximum absolute atomic E-state index is 10.7. The predicted molar refractivity (Wildman–Crippen MR) is 81.7 cm³/mol. The molecule has 20 heavy (non-hydrogen) atoms. The maximum Gasteiger partial charge on any atom is 0.105 e. The lowest BCUT2D eigenvalue weighted by molar-refractivity contribution is 0.221. The highest BCUT2D eigenvalue weighted by molar-refractivity contribution is 5.82. The van der Waals surface area contributed by atoms with Crippen molar-refractivity contribution in [1.29, 1.82) is 0 Å². The molecule has 1 aromatic heterocycles. The van der Waals surface area contributed by atoms with Crippen LogP contribution in [0, 0.1) is 13.8 Å². The van der Waals surface area contributed by atoms with Gasteiger partial charge in [0.2, 0.25) is 0 Å². The van der Waals surface area contributed by atoms with E-state index in [1.54, 1.807) is 6.20 Å². The third-order valence-corrected chi connectivity index (χ3v) is 3.69. The lowest BCUT2D eigenvalue weighted by atomic mass is 9.94. The molecule has 0 saturated carbocycles. The summed E-state index contributed by atoms with van der Waals surface area (Å²) >= 11 is 0. The molecule has 100 valence electrons. The van der Waals surface area contributed by atoms with Gasteiger partial charge < -0.3 is 5.11 Å². The SMILES string of the molecule is Cc1ccc(C(O)c2cccc3ncccc23)c(C)c1. The molecule has 2 heteroatoms. The summed E-state index contributed by atoms with van der Waals surface area (Å²) in [7, 11) is 0. The van der Waals surface area contributed by atoms with E-state index in [-0.39, 0.29) is 0 Å². The smallest absolute Gasteiger partial charge is 0.105 e. The zero-order chi connectivity index (χ0) is 14.1. The van der Waals surface area contributed by atoms with Crippen molar-refractivity contribution >= 4 is 10.9 Å². The van der Waals surface area contributed by atoms with E-state index in [2.05, 4.69) is 18.0 Å². The van der Waals surface area contributed by atoms with Crippen LogP contribution in [0.5, 0.6) is 0 Å². The second-order valence-corrected chi connectivity index (χ2v) is 5.18. The van der Waals surface area contributed by atoms with Crippen LogP contribution in [-0.2, 0) is 0 Å². The van der Waals surface area contributed by atoms with Gasteiger partial charge in [0, 0.05) is 11.6 Å². The predicted octanol–water partition coefficient (Wildman–Crippen LogP) is 3.93. The van der Waals surface area contributed by atoms with E-state index in [1.807, 2.05) is 49.4 Å². The molecular formula is C18H17NO. The normalized spacial score (nSPS) is 12.6. The Bertz CT molecular complexity index is 759. The molecule has 1 atom stereocenters. The molecule has 0 aliphatic heterocycles. The molecule has 0 saturated heterocycles. The zero-order valence-corrected chi connectivity index (χ0v) is 11.7. The van der Waals surface area contributed by atoms with Crippen LogP contribution in [0.25, 0.3) is 10.9 Å². The zero-order valence-electron chi connectivity index (χ0n) is 11.7. The van der Waals surface area contributed by atoms with Crippen LogP contribution in [0.3, 0.4) is 0 Å². The molecule has 1 heterocycles. The number of aryl methyl sites for hydroxylation is 2. The van der Waals surface area contributed by atoms with Gasteiger partial charge in [0.05, 0.1) is 5.52 Å². The number of aromatic nitrogens is 1. The number of hydrogen-bond donors (Lipinski definition) is 1. The van der Waals surface area contributed by atoms with Gasteiger partial charge in [-0.2, -0.15) is 0 Å². The van der Waals surface area contributed by atoms with Gasteiger partial charge in [0.25, 0.3) is 0 Å². The van der Waals surface area contributed by atoms with Crippen LogP contribution in [0.15, 0.2) is 54.7 Å². The number of pyridine rings is 1. The van der Waals surface area contributed by atoms with Gasteiger partial charge in [-0.25, -0.2) is 0 Å². The summed E-state index contributed by atoms with van der Waals surface area (Å²) in [5.41, 5.74) is 5.08. The number of nitrogens with zero attached hydrogens (tertiary/aromatic N) is 1. The van der Waals surface area contributed by atoms with Crippen molar-refractivity contribution in [3.63, 3.8) is 0 Å². The van der Waals surface area contributed by atoms with Crippen molar-refractivity contribution in [1.82, 2.24) is 4.98 Å². The molecule has 0 spiro atoms. The molecule has 0 aliphatic carbocycles. The summed E-state index contributed by atoms with van der Waals surface area (Å²) in [6.07, 6.45) is 1.15. The largest absolute Gasteiger partial charge is 0.384 e. The Balaban J connectivity index is 2.15. The Labute approximate surface area is 118 Å². The van der Waals surface area contributed by atoms with E-state index in [4.69, 9.17) is 0 Å². The third kappa shape index (κ3) is 2.19. The van der Waals surface area contributed by atoms with E-state index < -0.39 is 6.10 Å². The molecule has 0 bridgehead atoms. The van der Waals surface area contributed by atoms with Crippen molar-refractivity contribution in [3.8, 4) is 0 Å². The molecule has 3 rings (SSSR count). The molecule has 0 fully saturated rings. The summed E-state index contributed by atoms with van der Waals surface area (Å²) in [5.74, 6) is 0. The Kier molecular flexibility index (Phi) is 3.25. The van der Waals surface area contributed by atoms with Gasteiger partial charge in [-0.3, -0.25) is 4.98 Å². The molecule has 1 unspecified atom stereocenters. The topological polar surface area (TPSA) is 33.1 Å². The molecule has 2 aromatic carbocycles. The molecule has 1 N–H and O–H groups in total. The van der Waals surface area contributed by atoms with E-state index in [1.165, 1.54) is 5.56 Å². The van der Waals surface area contributed by atoms with E-state index in [0.29, 0.717) is 0 Å². The minimum absolute atomic E-state index is 0.622. The Hall–Kier alpha value is -2.19. The Morgan fingerprint density at radius 3 is 2.60 bits per heavy atom. The monoisotopic (exact) mass is 263 g/mol. The molecular weight excluding hydrogens is 246 g/mol. The first-order valence-corrected chi connectivity index (χ1v) is 6.75. The van der Waals surface area contributed by atoms with Crippen molar-refractivity contribution in [2.45, 2.75) is 20.0 Å². The van der Waals surface area contributed by atoms with Gasteiger partial charge in [-0.1, -0.05) is 42.0 Å². The first-order chi connectivity index (χ1) is 9.66. The van der Waals surface area contributed by atoms with Crippen LogP contribution in [-0.4, -0.2) is 10.1 Å². The Morgan fingerprint density at radius 2 is 1.80 bits per heavy atom. The summed E-state index contributed by atoms with van der Waals surface area (Å²) in [6, 6.07) is 15.9. The van der Waals surface area contributed by atoms with Crippen LogP contribution in [0.4, 0.5) is 0 Å². The van der Waals surface area contributed by atoms with Gasteiger partial charge >= 0.3 is 0 Å². The first-order valence-electron chi connectivity index (χ1n) is 6.75. The summed E-state index contributed by atoms with van der Waals surface area (Å²) in [4.78, 5) is 4.34. The average Bonchev–Trinajstić information content (AvgIpc) is 2.46. The van der Waals surface area contributed by atoms with Crippen LogP contribution in [0.2, 0.25) is 0 Å². The number of fused-ring (bicyclic) bond motifs is 1. The second-order valence-electron chi connectivity index (χ2n) is 5.18. The van der Waals surface area contributed by atoms with Gasteiger partial charge in [-0.15, -0.1) is 0 Å². The van der Waals surface area contributed by atoms with Crippen LogP contribution < -0.4 is 0 Å². The summed E-state index contributed by atoms with van der Waals surface area (Å²) in [6.45, 7) is 4.10. The first kappa shape index (κ1) is 12.8. The fourth-order valence-corrected chi connectivity index (χ4v) is 2.67. The van der Waals surface area contributed by atoms with Gasteiger partial charge in [0.1, 0.15) is 6.10 Å². The minimum Gasteiger partial charge on any atom is -0.384 e. The van der Waals surface area contributed by atoms with Gasteiger partial charge in [0.15, 0.2) is 0 Å². The molecule has 0 amide bonds. The highest BCUT2D eigenvalue weighted by atomic mass is 16.3. The van der Waals surface area contributed by atoms with Crippen molar-refractivity contribution < 1.29 is 5.11 Å². The summed E-state index contributed by atoms with van der Waals surface area (Å²) < 4.78 is 0. The van der Waals surface area contributed by atoms with Crippen molar-refractivity contribution in [2.24, 2.45) is 0 Å². The quantitative estimate of drug-likeness (QED) is 0.760. The lowest BCUT2D eigenvalue weighted by Gasteiger charge is -2.16. The number of aliphatic hydroxyl groups excluding tert-OH is 1. The van der Waals surface area contributed by atoms with E-state index in [0.717, 1.165) is 27.6 Å². The highest BCUT2D eigenvalue weighted by Gasteiger charge is 2.15. The standard InChI is InChI=1S/C18H17NO/c1-12-8-9-14(13(2)11-12)18(20)16-5-3-7-17-15(16)6-4-10-19-17/h3-11,18,20H,1-2H3. The maximum atomic E-state index is 10.7. The van der Waals surface area contributed by atoms with E-state index >= 15 is 0 Å². The fraction of sp³-hybridized carbons (Fsp3) is 0.167. The molecule has 0 radical (unpaired) electrons. The van der Waals surface area contributed by atoms with E-state index in [9.17, 15) is 5.11 Å². The number of rotatable bonds is 2. The average molecular weight is 263 g/mol. The molecule has 3 aromatic rings. The fourth-order valence-electron chi connectivity index (χ4n) is 2.67. The lowest BCUT2D eigenvalue weighted by Crippen LogP contribution is -2.03. The number of hydrogen-bond acceptors (Lipinski definition) is 2. The molecule has 0 aliphatic rings. The third-order valence-electron chi connectivity index (χ3n) is 3.69. The highest BCUT2D eigenvalue weighted by Crippen LogP contribution is 2.30. The number of aliphatic hydroxyl groups is 1. The Morgan fingerprint density at radius 1 is 0.950 bits per heavy atom. The number of benzene rings is 2. The summed E-state index contributed by atoms with van der Waals surface area (Å²) in [5, 5.41) is 11.7. The minimum atomic E-state index is -0.622. The molecule has 2 nitrogen and oxygen atoms in total. The second kappa shape index (κ2) is 5.06. The van der Waals surface area contributed by atoms with Gasteiger partial charge in [-0.05, 0) is 42.7 Å². The van der Waals surface area contributed by atoms with Crippen molar-refractivity contribution in [2.75, 3.05) is 0 Å².